The summed E-state index contributed by atoms with van der Waals surface area (Å²) in [7, 11) is 1.71. The predicted molar refractivity (Wildman–Crippen MR) is 90.0 cm³/mol. The van der Waals surface area contributed by atoms with Gasteiger partial charge >= 0.3 is 6.03 Å². The van der Waals surface area contributed by atoms with E-state index >= 15 is 0 Å². The Morgan fingerprint density at radius 3 is 2.79 bits per heavy atom. The number of nitrogens with one attached hydrogen (secondary N) is 1. The number of anilines is 1. The predicted octanol–water partition coefficient (Wildman–Crippen LogP) is 0.929. The molecule has 3 rings (SSSR count). The molecule has 7 nitrogen and oxygen atoms in total. The van der Waals surface area contributed by atoms with Crippen LogP contribution in [0.15, 0.2) is 24.3 Å². The first-order valence-corrected chi connectivity index (χ1v) is 8.17. The zero-order valence-corrected chi connectivity index (χ0v) is 14.1. The molecule has 1 N–H and O–H groups in total. The van der Waals surface area contributed by atoms with Crippen LogP contribution in [0, 0.1) is 0 Å². The standard InChI is InChI=1S/C16H19ClN4O3/c1-19-5-6-20(16(19)24)10-14(22)18-12-8-15(23)21(9-12)13-4-2-3-11(17)7-13/h2-4,7,12H,5-6,8-10H2,1H3,(H,18,22)/t12-/m0/s1. The van der Waals surface area contributed by atoms with Crippen molar-refractivity contribution in [2.24, 2.45) is 0 Å². The Morgan fingerprint density at radius 2 is 2.12 bits per heavy atom. The van der Waals surface area contributed by atoms with Crippen molar-refractivity contribution in [2.45, 2.75) is 12.5 Å². The molecule has 2 saturated heterocycles. The number of likely N-dealkylation sites (N-methyl/N-ethyl adjacent to an activating group) is 1. The number of hydrogen-bond acceptors (Lipinski definition) is 3. The fraction of sp³-hybridized carbons (Fsp3) is 0.438. The van der Waals surface area contributed by atoms with Gasteiger partial charge < -0.3 is 20.0 Å². The number of halogens is 1. The fourth-order valence-corrected chi connectivity index (χ4v) is 3.18. The zero-order valence-electron chi connectivity index (χ0n) is 13.4. The Morgan fingerprint density at radius 1 is 1.33 bits per heavy atom. The van der Waals surface area contributed by atoms with Gasteiger partial charge in [-0.05, 0) is 18.2 Å². The van der Waals surface area contributed by atoms with Gasteiger partial charge in [0.05, 0.1) is 6.04 Å². The summed E-state index contributed by atoms with van der Waals surface area (Å²) in [6.07, 6.45) is 0.242. The van der Waals surface area contributed by atoms with Crippen LogP contribution in [0.1, 0.15) is 6.42 Å². The molecular formula is C16H19ClN4O3. The summed E-state index contributed by atoms with van der Waals surface area (Å²) in [4.78, 5) is 40.8. The van der Waals surface area contributed by atoms with Gasteiger partial charge in [0.25, 0.3) is 0 Å². The lowest BCUT2D eigenvalue weighted by Crippen LogP contribution is -2.44. The molecule has 24 heavy (non-hydrogen) atoms. The van der Waals surface area contributed by atoms with E-state index in [4.69, 9.17) is 11.6 Å². The minimum atomic E-state index is -0.264. The largest absolute Gasteiger partial charge is 0.350 e. The Bertz CT molecular complexity index is 681. The smallest absolute Gasteiger partial charge is 0.320 e. The molecule has 4 amide bonds. The van der Waals surface area contributed by atoms with Gasteiger partial charge in [0.1, 0.15) is 6.54 Å². The third kappa shape index (κ3) is 3.46. The van der Waals surface area contributed by atoms with Crippen LogP contribution in [0.25, 0.3) is 0 Å². The number of benzene rings is 1. The Hall–Kier alpha value is -2.28. The topological polar surface area (TPSA) is 73.0 Å². The molecule has 0 radical (unpaired) electrons. The second-order valence-electron chi connectivity index (χ2n) is 6.08. The fourth-order valence-electron chi connectivity index (χ4n) is 2.99. The number of amides is 4. The highest BCUT2D eigenvalue weighted by Gasteiger charge is 2.33. The molecular weight excluding hydrogens is 332 g/mol. The molecule has 8 heteroatoms. The molecule has 0 unspecified atom stereocenters. The summed E-state index contributed by atoms with van der Waals surface area (Å²) >= 11 is 5.96. The highest BCUT2D eigenvalue weighted by Crippen LogP contribution is 2.24. The highest BCUT2D eigenvalue weighted by atomic mass is 35.5. The van der Waals surface area contributed by atoms with Crippen LogP contribution in [-0.4, -0.2) is 66.9 Å². The minimum Gasteiger partial charge on any atom is -0.350 e. The number of hydrogen-bond donors (Lipinski definition) is 1. The van der Waals surface area contributed by atoms with E-state index in [-0.39, 0.29) is 36.9 Å². The van der Waals surface area contributed by atoms with Crippen molar-refractivity contribution >= 4 is 35.1 Å². The molecule has 0 aromatic heterocycles. The van der Waals surface area contributed by atoms with E-state index in [0.29, 0.717) is 24.7 Å². The first-order chi connectivity index (χ1) is 11.4. The van der Waals surface area contributed by atoms with Gasteiger partial charge in [-0.25, -0.2) is 4.79 Å². The number of carbonyl (C=O) groups is 3. The number of carbonyl (C=O) groups excluding carboxylic acids is 3. The van der Waals surface area contributed by atoms with Crippen molar-refractivity contribution in [3.05, 3.63) is 29.3 Å². The van der Waals surface area contributed by atoms with Crippen LogP contribution in [0.4, 0.5) is 10.5 Å². The van der Waals surface area contributed by atoms with Gasteiger partial charge in [-0.3, -0.25) is 9.59 Å². The van der Waals surface area contributed by atoms with E-state index in [9.17, 15) is 14.4 Å². The second kappa shape index (κ2) is 6.68. The number of rotatable bonds is 4. The minimum absolute atomic E-state index is 0.0189. The van der Waals surface area contributed by atoms with E-state index in [1.807, 2.05) is 6.07 Å². The molecule has 128 valence electrons. The molecule has 0 aliphatic carbocycles. The quantitative estimate of drug-likeness (QED) is 0.878. The van der Waals surface area contributed by atoms with Crippen LogP contribution in [0.2, 0.25) is 5.02 Å². The molecule has 1 aromatic carbocycles. The molecule has 2 aliphatic rings. The van der Waals surface area contributed by atoms with Crippen LogP contribution in [0.3, 0.4) is 0 Å². The SMILES string of the molecule is CN1CCN(CC(=O)N[C@H]2CC(=O)N(c3cccc(Cl)c3)C2)C1=O. The van der Waals surface area contributed by atoms with Gasteiger partial charge in [-0.2, -0.15) is 0 Å². The summed E-state index contributed by atoms with van der Waals surface area (Å²) in [5, 5.41) is 3.40. The van der Waals surface area contributed by atoms with Gasteiger partial charge in [0.15, 0.2) is 0 Å². The molecule has 2 aliphatic heterocycles. The first-order valence-electron chi connectivity index (χ1n) is 7.79. The average molecular weight is 351 g/mol. The van der Waals surface area contributed by atoms with E-state index in [1.54, 1.807) is 35.0 Å². The molecule has 0 spiro atoms. The maximum atomic E-state index is 12.2. The zero-order chi connectivity index (χ0) is 17.3. The molecule has 2 heterocycles. The average Bonchev–Trinajstić information content (AvgIpc) is 3.04. The molecule has 1 aromatic rings. The Labute approximate surface area is 145 Å². The lowest BCUT2D eigenvalue weighted by atomic mass is 10.2. The van der Waals surface area contributed by atoms with Crippen LogP contribution < -0.4 is 10.2 Å². The third-order valence-corrected chi connectivity index (χ3v) is 4.48. The maximum Gasteiger partial charge on any atom is 0.320 e. The van der Waals surface area contributed by atoms with Crippen molar-refractivity contribution in [3.8, 4) is 0 Å². The van der Waals surface area contributed by atoms with Gasteiger partial charge in [-0.15, -0.1) is 0 Å². The van der Waals surface area contributed by atoms with Gasteiger partial charge in [-0.1, -0.05) is 17.7 Å². The monoisotopic (exact) mass is 350 g/mol. The van der Waals surface area contributed by atoms with E-state index in [0.717, 1.165) is 5.69 Å². The van der Waals surface area contributed by atoms with Gasteiger partial charge in [0.2, 0.25) is 11.8 Å². The summed E-state index contributed by atoms with van der Waals surface area (Å²) in [5.41, 5.74) is 0.723. The highest BCUT2D eigenvalue weighted by molar-refractivity contribution is 6.30. The Balaban J connectivity index is 1.56. The van der Waals surface area contributed by atoms with E-state index in [2.05, 4.69) is 5.32 Å². The summed E-state index contributed by atoms with van der Waals surface area (Å²) in [6, 6.07) is 6.66. The van der Waals surface area contributed by atoms with E-state index < -0.39 is 0 Å². The first kappa shape index (κ1) is 16.6. The maximum absolute atomic E-state index is 12.2. The third-order valence-electron chi connectivity index (χ3n) is 4.25. The van der Waals surface area contributed by atoms with Crippen molar-refractivity contribution in [1.82, 2.24) is 15.1 Å². The van der Waals surface area contributed by atoms with Crippen molar-refractivity contribution in [1.29, 1.82) is 0 Å². The summed E-state index contributed by atoms with van der Waals surface area (Å²) in [5.74, 6) is -0.302. The number of nitrogens with zero attached hydrogens (tertiary/aromatic N) is 3. The summed E-state index contributed by atoms with van der Waals surface area (Å²) in [6.45, 7) is 1.58. The van der Waals surface area contributed by atoms with Crippen LogP contribution in [0.5, 0.6) is 0 Å². The lowest BCUT2D eigenvalue weighted by Gasteiger charge is -2.19. The molecule has 0 bridgehead atoms. The van der Waals surface area contributed by atoms with Crippen molar-refractivity contribution < 1.29 is 14.4 Å². The van der Waals surface area contributed by atoms with Crippen molar-refractivity contribution in [2.75, 3.05) is 38.1 Å². The second-order valence-corrected chi connectivity index (χ2v) is 6.51. The molecule has 0 saturated carbocycles. The normalized spacial score (nSPS) is 20.9. The van der Waals surface area contributed by atoms with E-state index in [1.165, 1.54) is 4.90 Å². The van der Waals surface area contributed by atoms with Gasteiger partial charge in [0, 0.05) is 43.8 Å². The van der Waals surface area contributed by atoms with Crippen LogP contribution in [-0.2, 0) is 9.59 Å². The number of urea groups is 1. The molecule has 2 fully saturated rings. The molecule has 1 atom stereocenters. The van der Waals surface area contributed by atoms with Crippen molar-refractivity contribution in [3.63, 3.8) is 0 Å². The Kier molecular flexibility index (Phi) is 4.62. The summed E-state index contributed by atoms with van der Waals surface area (Å²) < 4.78 is 0. The van der Waals surface area contributed by atoms with Crippen LogP contribution >= 0.6 is 11.6 Å². The lowest BCUT2D eigenvalue weighted by molar-refractivity contribution is -0.122.